The zero-order chi connectivity index (χ0) is 11.8. The van der Waals surface area contributed by atoms with Crippen LogP contribution in [0.2, 0.25) is 0 Å². The Morgan fingerprint density at radius 1 is 1.24 bits per heavy atom. The minimum absolute atomic E-state index is 0.271. The molecular weight excluding hydrogens is 221 g/mol. The summed E-state index contributed by atoms with van der Waals surface area (Å²) in [7, 11) is 0. The summed E-state index contributed by atoms with van der Waals surface area (Å²) >= 11 is 0. The van der Waals surface area contributed by atoms with Crippen molar-refractivity contribution in [3.8, 4) is 11.4 Å². The Labute approximate surface area is 97.7 Å². The number of nitrogens with zero attached hydrogens (tertiary/aromatic N) is 3. The molecule has 17 heavy (non-hydrogen) atoms. The summed E-state index contributed by atoms with van der Waals surface area (Å²) in [6.45, 7) is 0.509. The highest BCUT2D eigenvalue weighted by Gasteiger charge is 2.21. The first-order valence-corrected chi connectivity index (χ1v) is 5.60. The lowest BCUT2D eigenvalue weighted by Gasteiger charge is -2.19. The number of aliphatic hydroxyl groups is 1. The summed E-state index contributed by atoms with van der Waals surface area (Å²) in [6.07, 6.45) is 1.11. The molecule has 1 aromatic heterocycles. The fourth-order valence-corrected chi connectivity index (χ4v) is 2.12. The molecule has 0 radical (unpaired) electrons. The maximum Gasteiger partial charge on any atom is 0.164 e. The van der Waals surface area contributed by atoms with Crippen LogP contribution in [0.5, 0.6) is 0 Å². The second-order valence-electron chi connectivity index (χ2n) is 4.25. The number of rotatable bonds is 1. The Morgan fingerprint density at radius 3 is 2.76 bits per heavy atom. The minimum Gasteiger partial charge on any atom is -0.391 e. The molecular formula is C12H12FN3O. The molecule has 5 heteroatoms. The van der Waals surface area contributed by atoms with E-state index in [4.69, 9.17) is 0 Å². The monoisotopic (exact) mass is 233 g/mol. The third kappa shape index (κ3) is 1.82. The van der Waals surface area contributed by atoms with E-state index in [-0.39, 0.29) is 11.9 Å². The summed E-state index contributed by atoms with van der Waals surface area (Å²) in [5, 5.41) is 17.9. The van der Waals surface area contributed by atoms with Crippen molar-refractivity contribution in [1.82, 2.24) is 14.8 Å². The highest BCUT2D eigenvalue weighted by Crippen LogP contribution is 2.23. The van der Waals surface area contributed by atoms with E-state index < -0.39 is 0 Å². The number of aliphatic hydroxyl groups excluding tert-OH is 1. The van der Waals surface area contributed by atoms with Crippen molar-refractivity contribution in [1.29, 1.82) is 0 Å². The van der Waals surface area contributed by atoms with Gasteiger partial charge in [-0.05, 0) is 30.7 Å². The number of fused-ring (bicyclic) bond motifs is 1. The predicted octanol–water partition coefficient (Wildman–Crippen LogP) is 1.39. The molecule has 0 saturated carbocycles. The summed E-state index contributed by atoms with van der Waals surface area (Å²) in [5.41, 5.74) is 0.819. The molecule has 3 rings (SSSR count). The van der Waals surface area contributed by atoms with Gasteiger partial charge in [-0.1, -0.05) is 0 Å². The average Bonchev–Trinajstić information content (AvgIpc) is 2.73. The topological polar surface area (TPSA) is 50.9 Å². The third-order valence-corrected chi connectivity index (χ3v) is 3.02. The number of benzene rings is 1. The minimum atomic E-state index is -0.349. The van der Waals surface area contributed by atoms with Crippen molar-refractivity contribution in [2.45, 2.75) is 25.5 Å². The number of aryl methyl sites for hydroxylation is 1. The number of hydrogen-bond acceptors (Lipinski definition) is 3. The normalized spacial score (nSPS) is 19.1. The maximum atomic E-state index is 12.8. The highest BCUT2D eigenvalue weighted by atomic mass is 19.1. The van der Waals surface area contributed by atoms with Gasteiger partial charge < -0.3 is 9.67 Å². The molecule has 1 unspecified atom stereocenters. The van der Waals surface area contributed by atoms with Crippen molar-refractivity contribution in [3.05, 3.63) is 35.9 Å². The SMILES string of the molecule is OC1CCc2nnc(-c3ccc(F)cc3)n2C1. The lowest BCUT2D eigenvalue weighted by atomic mass is 10.1. The van der Waals surface area contributed by atoms with Gasteiger partial charge in [0.15, 0.2) is 5.82 Å². The van der Waals surface area contributed by atoms with E-state index in [0.717, 1.165) is 24.2 Å². The van der Waals surface area contributed by atoms with Gasteiger partial charge in [0.1, 0.15) is 11.6 Å². The summed E-state index contributed by atoms with van der Waals surface area (Å²) < 4.78 is 14.8. The Morgan fingerprint density at radius 2 is 2.00 bits per heavy atom. The van der Waals surface area contributed by atoms with E-state index in [2.05, 4.69) is 10.2 Å². The van der Waals surface area contributed by atoms with Crippen molar-refractivity contribution in [2.24, 2.45) is 0 Å². The zero-order valence-electron chi connectivity index (χ0n) is 9.17. The summed E-state index contributed by atoms with van der Waals surface area (Å²) in [4.78, 5) is 0. The van der Waals surface area contributed by atoms with Gasteiger partial charge in [-0.25, -0.2) is 4.39 Å². The fourth-order valence-electron chi connectivity index (χ4n) is 2.12. The van der Waals surface area contributed by atoms with Gasteiger partial charge in [-0.15, -0.1) is 10.2 Å². The molecule has 1 atom stereocenters. The molecule has 0 saturated heterocycles. The van der Waals surface area contributed by atoms with Crippen LogP contribution in [-0.4, -0.2) is 26.0 Å². The molecule has 4 nitrogen and oxygen atoms in total. The van der Waals surface area contributed by atoms with Crippen LogP contribution in [0, 0.1) is 5.82 Å². The molecule has 0 aliphatic carbocycles. The van der Waals surface area contributed by atoms with E-state index in [1.54, 1.807) is 12.1 Å². The predicted molar refractivity (Wildman–Crippen MR) is 59.7 cm³/mol. The average molecular weight is 233 g/mol. The molecule has 1 N–H and O–H groups in total. The maximum absolute atomic E-state index is 12.8. The summed E-state index contributed by atoms with van der Waals surface area (Å²) in [5.74, 6) is 1.31. The van der Waals surface area contributed by atoms with Gasteiger partial charge >= 0.3 is 0 Å². The van der Waals surface area contributed by atoms with E-state index >= 15 is 0 Å². The third-order valence-electron chi connectivity index (χ3n) is 3.02. The molecule has 88 valence electrons. The molecule has 2 aromatic rings. The second-order valence-corrected chi connectivity index (χ2v) is 4.25. The summed E-state index contributed by atoms with van der Waals surface area (Å²) in [6, 6.07) is 6.15. The Kier molecular flexibility index (Phi) is 2.40. The smallest absolute Gasteiger partial charge is 0.164 e. The first-order valence-electron chi connectivity index (χ1n) is 5.60. The number of aromatic nitrogens is 3. The van der Waals surface area contributed by atoms with Gasteiger partial charge in [-0.2, -0.15) is 0 Å². The molecule has 1 aliphatic rings. The fraction of sp³-hybridized carbons (Fsp3) is 0.333. The first-order chi connectivity index (χ1) is 8.24. The van der Waals surface area contributed by atoms with Gasteiger partial charge in [0, 0.05) is 12.0 Å². The molecule has 1 aromatic carbocycles. The van der Waals surface area contributed by atoms with Crippen LogP contribution >= 0.6 is 0 Å². The van der Waals surface area contributed by atoms with Crippen LogP contribution < -0.4 is 0 Å². The zero-order valence-corrected chi connectivity index (χ0v) is 9.17. The van der Waals surface area contributed by atoms with E-state index in [1.165, 1.54) is 12.1 Å². The Balaban J connectivity index is 2.04. The number of halogens is 1. The first kappa shape index (κ1) is 10.4. The van der Waals surface area contributed by atoms with Gasteiger partial charge in [0.2, 0.25) is 0 Å². The van der Waals surface area contributed by atoms with Gasteiger partial charge in [-0.3, -0.25) is 0 Å². The van der Waals surface area contributed by atoms with E-state index in [1.807, 2.05) is 4.57 Å². The van der Waals surface area contributed by atoms with Gasteiger partial charge in [0.05, 0.1) is 12.6 Å². The Hall–Kier alpha value is -1.75. The second kappa shape index (κ2) is 3.92. The van der Waals surface area contributed by atoms with Crippen molar-refractivity contribution in [2.75, 3.05) is 0 Å². The molecule has 2 heterocycles. The lowest BCUT2D eigenvalue weighted by molar-refractivity contribution is 0.131. The largest absolute Gasteiger partial charge is 0.391 e. The lowest BCUT2D eigenvalue weighted by Crippen LogP contribution is -2.24. The van der Waals surface area contributed by atoms with E-state index in [9.17, 15) is 9.50 Å². The van der Waals surface area contributed by atoms with Crippen LogP contribution in [0.4, 0.5) is 4.39 Å². The Bertz CT molecular complexity index is 535. The molecule has 0 fully saturated rings. The van der Waals surface area contributed by atoms with Crippen LogP contribution in [0.15, 0.2) is 24.3 Å². The van der Waals surface area contributed by atoms with Gasteiger partial charge in [0.25, 0.3) is 0 Å². The van der Waals surface area contributed by atoms with Crippen LogP contribution in [0.25, 0.3) is 11.4 Å². The highest BCUT2D eigenvalue weighted by molar-refractivity contribution is 5.55. The van der Waals surface area contributed by atoms with Crippen molar-refractivity contribution in [3.63, 3.8) is 0 Å². The quantitative estimate of drug-likeness (QED) is 0.809. The number of hydrogen-bond donors (Lipinski definition) is 1. The van der Waals surface area contributed by atoms with Crippen molar-refractivity contribution >= 4 is 0 Å². The molecule has 0 bridgehead atoms. The van der Waals surface area contributed by atoms with Crippen molar-refractivity contribution < 1.29 is 9.50 Å². The molecule has 0 amide bonds. The van der Waals surface area contributed by atoms with Crippen LogP contribution in [0.3, 0.4) is 0 Å². The van der Waals surface area contributed by atoms with E-state index in [0.29, 0.717) is 12.4 Å². The molecule has 1 aliphatic heterocycles. The molecule has 0 spiro atoms. The van der Waals surface area contributed by atoms with Crippen LogP contribution in [0.1, 0.15) is 12.2 Å². The standard InChI is InChI=1S/C12H12FN3O/c13-9-3-1-8(2-4-9)12-15-14-11-6-5-10(17)7-16(11)12/h1-4,10,17H,5-7H2. The van der Waals surface area contributed by atoms with Crippen LogP contribution in [-0.2, 0) is 13.0 Å².